The van der Waals surface area contributed by atoms with Crippen molar-refractivity contribution in [2.45, 2.75) is 38.9 Å². The summed E-state index contributed by atoms with van der Waals surface area (Å²) in [6.45, 7) is 3.29. The van der Waals surface area contributed by atoms with Gasteiger partial charge in [-0.2, -0.15) is 5.10 Å². The van der Waals surface area contributed by atoms with E-state index < -0.39 is 0 Å². The summed E-state index contributed by atoms with van der Waals surface area (Å²) in [6, 6.07) is 16.1. The number of aromatic nitrogens is 4. The monoisotopic (exact) mass is 397 g/mol. The van der Waals surface area contributed by atoms with Gasteiger partial charge in [0.1, 0.15) is 0 Å². The Morgan fingerprint density at radius 3 is 2.67 bits per heavy atom. The van der Waals surface area contributed by atoms with Gasteiger partial charge in [-0.15, -0.1) is 0 Å². The molecule has 1 aliphatic carbocycles. The molecule has 0 spiro atoms. The Balaban J connectivity index is 1.61. The van der Waals surface area contributed by atoms with Crippen LogP contribution in [0.3, 0.4) is 0 Å². The third kappa shape index (κ3) is 3.45. The van der Waals surface area contributed by atoms with Gasteiger partial charge in [-0.05, 0) is 37.5 Å². The Labute approximate surface area is 175 Å². The van der Waals surface area contributed by atoms with Crippen LogP contribution in [-0.2, 0) is 13.1 Å². The lowest BCUT2D eigenvalue weighted by atomic mass is 10.1. The number of benzene rings is 1. The third-order valence-corrected chi connectivity index (χ3v) is 5.53. The largest absolute Gasteiger partial charge is 0.331 e. The van der Waals surface area contributed by atoms with E-state index in [1.165, 1.54) is 0 Å². The zero-order valence-electron chi connectivity index (χ0n) is 16.9. The van der Waals surface area contributed by atoms with Crippen molar-refractivity contribution in [1.29, 1.82) is 0 Å². The van der Waals surface area contributed by atoms with E-state index in [4.69, 9.17) is 4.98 Å². The first kappa shape index (κ1) is 18.5. The van der Waals surface area contributed by atoms with Crippen molar-refractivity contribution in [3.05, 3.63) is 78.2 Å². The van der Waals surface area contributed by atoms with Crippen LogP contribution in [0.25, 0.3) is 22.3 Å². The lowest BCUT2D eigenvalue weighted by Gasteiger charge is -2.23. The highest BCUT2D eigenvalue weighted by atomic mass is 16.2. The van der Waals surface area contributed by atoms with Gasteiger partial charge < -0.3 is 4.90 Å². The van der Waals surface area contributed by atoms with Gasteiger partial charge in [0.25, 0.3) is 5.91 Å². The van der Waals surface area contributed by atoms with E-state index in [1.54, 1.807) is 12.4 Å². The lowest BCUT2D eigenvalue weighted by molar-refractivity contribution is 0.0731. The number of nitrogens with zero attached hydrogens (tertiary/aromatic N) is 5. The van der Waals surface area contributed by atoms with Crippen LogP contribution in [0.4, 0.5) is 0 Å². The zero-order valence-corrected chi connectivity index (χ0v) is 16.9. The predicted octanol–water partition coefficient (Wildman–Crippen LogP) is 4.32. The van der Waals surface area contributed by atoms with Crippen molar-refractivity contribution >= 4 is 16.9 Å². The molecule has 0 saturated heterocycles. The summed E-state index contributed by atoms with van der Waals surface area (Å²) in [4.78, 5) is 24.8. The van der Waals surface area contributed by atoms with Crippen LogP contribution in [0.1, 0.15) is 35.7 Å². The second-order valence-electron chi connectivity index (χ2n) is 7.64. The van der Waals surface area contributed by atoms with E-state index in [0.29, 0.717) is 18.7 Å². The molecular formula is C24H23N5O. The van der Waals surface area contributed by atoms with Gasteiger partial charge in [-0.3, -0.25) is 9.78 Å². The average molecular weight is 397 g/mol. The second kappa shape index (κ2) is 7.71. The van der Waals surface area contributed by atoms with Crippen molar-refractivity contribution in [2.24, 2.45) is 0 Å². The van der Waals surface area contributed by atoms with Crippen LogP contribution in [0, 0.1) is 0 Å². The molecule has 1 fully saturated rings. The van der Waals surface area contributed by atoms with Gasteiger partial charge in [-0.25, -0.2) is 9.67 Å². The molecule has 6 nitrogen and oxygen atoms in total. The van der Waals surface area contributed by atoms with Crippen molar-refractivity contribution in [2.75, 3.05) is 0 Å². The topological polar surface area (TPSA) is 63.9 Å². The third-order valence-electron chi connectivity index (χ3n) is 5.53. The fourth-order valence-electron chi connectivity index (χ4n) is 3.81. The molecule has 0 radical (unpaired) electrons. The molecule has 0 atom stereocenters. The van der Waals surface area contributed by atoms with Gasteiger partial charge in [0.15, 0.2) is 5.65 Å². The quantitative estimate of drug-likeness (QED) is 0.486. The van der Waals surface area contributed by atoms with Crippen LogP contribution in [-0.4, -0.2) is 36.6 Å². The molecular weight excluding hydrogens is 374 g/mol. The molecule has 0 bridgehead atoms. The molecule has 30 heavy (non-hydrogen) atoms. The standard InChI is InChI=1S/C24H23N5O/c1-2-29-23-21(15-26-29)20(13-22(27-23)18-8-4-3-5-9-18)24(30)28(19-10-11-19)16-17-7-6-12-25-14-17/h3-9,12-15,19H,2,10-11,16H2,1H3. The summed E-state index contributed by atoms with van der Waals surface area (Å²) < 4.78 is 1.85. The number of carbonyl (C=O) groups excluding carboxylic acids is 1. The summed E-state index contributed by atoms with van der Waals surface area (Å²) in [5, 5.41) is 5.27. The molecule has 1 aliphatic rings. The van der Waals surface area contributed by atoms with Crippen LogP contribution in [0.15, 0.2) is 67.1 Å². The van der Waals surface area contributed by atoms with E-state index in [1.807, 2.05) is 71.2 Å². The highest BCUT2D eigenvalue weighted by Gasteiger charge is 2.34. The summed E-state index contributed by atoms with van der Waals surface area (Å²) >= 11 is 0. The van der Waals surface area contributed by atoms with Gasteiger partial charge in [0, 0.05) is 37.1 Å². The number of hydrogen-bond acceptors (Lipinski definition) is 4. The van der Waals surface area contributed by atoms with Crippen molar-refractivity contribution in [3.63, 3.8) is 0 Å². The van der Waals surface area contributed by atoms with Crippen molar-refractivity contribution in [3.8, 4) is 11.3 Å². The Kier molecular flexibility index (Phi) is 4.75. The Hall–Kier alpha value is -3.54. The van der Waals surface area contributed by atoms with Crippen molar-refractivity contribution in [1.82, 2.24) is 24.6 Å². The molecule has 3 aromatic heterocycles. The number of aryl methyl sites for hydroxylation is 1. The van der Waals surface area contributed by atoms with E-state index in [2.05, 4.69) is 10.1 Å². The minimum atomic E-state index is 0.0292. The molecule has 4 aromatic rings. The summed E-state index contributed by atoms with van der Waals surface area (Å²) in [7, 11) is 0. The number of fused-ring (bicyclic) bond motifs is 1. The van der Waals surface area contributed by atoms with Gasteiger partial charge in [0.2, 0.25) is 0 Å². The normalized spacial score (nSPS) is 13.5. The van der Waals surface area contributed by atoms with Crippen LogP contribution in [0.2, 0.25) is 0 Å². The number of carbonyl (C=O) groups is 1. The molecule has 150 valence electrons. The molecule has 0 aliphatic heterocycles. The first-order valence-corrected chi connectivity index (χ1v) is 10.4. The van der Waals surface area contributed by atoms with Crippen molar-refractivity contribution < 1.29 is 4.79 Å². The average Bonchev–Trinajstić information content (AvgIpc) is 3.56. The molecule has 6 heteroatoms. The smallest absolute Gasteiger partial charge is 0.255 e. The maximum absolute atomic E-state index is 13.8. The number of hydrogen-bond donors (Lipinski definition) is 0. The van der Waals surface area contributed by atoms with E-state index in [0.717, 1.165) is 40.7 Å². The highest BCUT2D eigenvalue weighted by molar-refractivity contribution is 6.06. The fourth-order valence-corrected chi connectivity index (χ4v) is 3.81. The first-order valence-electron chi connectivity index (χ1n) is 10.4. The molecule has 0 unspecified atom stereocenters. The van der Waals surface area contributed by atoms with Gasteiger partial charge >= 0.3 is 0 Å². The Bertz CT molecular complexity index is 1180. The lowest BCUT2D eigenvalue weighted by Crippen LogP contribution is -2.32. The van der Waals surface area contributed by atoms with Crippen LogP contribution >= 0.6 is 0 Å². The van der Waals surface area contributed by atoms with Gasteiger partial charge in [0.05, 0.1) is 22.8 Å². The fraction of sp³-hybridized carbons (Fsp3) is 0.250. The Morgan fingerprint density at radius 1 is 1.13 bits per heavy atom. The first-order chi connectivity index (χ1) is 14.7. The SMILES string of the molecule is CCn1ncc2c(C(=O)N(Cc3cccnc3)C3CC3)cc(-c3ccccc3)nc21. The van der Waals surface area contributed by atoms with E-state index in [9.17, 15) is 4.79 Å². The molecule has 3 heterocycles. The predicted molar refractivity (Wildman–Crippen MR) is 116 cm³/mol. The molecule has 5 rings (SSSR count). The van der Waals surface area contributed by atoms with Crippen LogP contribution < -0.4 is 0 Å². The molecule has 0 N–H and O–H groups in total. The van der Waals surface area contributed by atoms with E-state index in [-0.39, 0.29) is 11.9 Å². The zero-order chi connectivity index (χ0) is 20.5. The summed E-state index contributed by atoms with van der Waals surface area (Å²) in [5.74, 6) is 0.0292. The second-order valence-corrected chi connectivity index (χ2v) is 7.64. The van der Waals surface area contributed by atoms with Crippen LogP contribution in [0.5, 0.6) is 0 Å². The maximum Gasteiger partial charge on any atom is 0.255 e. The number of rotatable bonds is 6. The number of pyridine rings is 2. The van der Waals surface area contributed by atoms with Gasteiger partial charge in [-0.1, -0.05) is 36.4 Å². The molecule has 1 saturated carbocycles. The molecule has 1 aromatic carbocycles. The maximum atomic E-state index is 13.8. The highest BCUT2D eigenvalue weighted by Crippen LogP contribution is 2.32. The number of amides is 1. The summed E-state index contributed by atoms with van der Waals surface area (Å²) in [6.07, 6.45) is 7.43. The summed E-state index contributed by atoms with van der Waals surface area (Å²) in [5.41, 5.74) is 4.23. The van der Waals surface area contributed by atoms with E-state index >= 15 is 0 Å². The Morgan fingerprint density at radius 2 is 1.97 bits per heavy atom. The minimum absolute atomic E-state index is 0.0292. The minimum Gasteiger partial charge on any atom is -0.331 e. The molecule has 1 amide bonds.